The number of hydrogen-bond donors (Lipinski definition) is 0. The van der Waals surface area contributed by atoms with E-state index < -0.39 is 0 Å². The van der Waals surface area contributed by atoms with E-state index in [1.54, 1.807) is 0 Å². The van der Waals surface area contributed by atoms with Crippen LogP contribution in [-0.4, -0.2) is 9.13 Å². The van der Waals surface area contributed by atoms with Gasteiger partial charge < -0.3 is 10.6 Å². The van der Waals surface area contributed by atoms with E-state index in [-0.39, 0.29) is 1.43 Å². The van der Waals surface area contributed by atoms with Gasteiger partial charge in [0.25, 0.3) is 0 Å². The molecule has 8 aromatic rings. The standard InChI is InChI=1S/C36H24N2.H/c1-5-19-33-29(15-1)30-16-2-6-20-34(30)37(33)27-13-9-11-25(23-27)26-12-10-14-28(24-26)38-35-21-7-3-17-31(35)32-18-4-8-22-36(32)38;/h1-24H;/q;-1. The third-order valence-electron chi connectivity index (χ3n) is 7.70. The minimum atomic E-state index is 0. The topological polar surface area (TPSA) is 9.86 Å². The van der Waals surface area contributed by atoms with Crippen LogP contribution in [0.1, 0.15) is 1.43 Å². The highest BCUT2D eigenvalue weighted by molar-refractivity contribution is 6.10. The van der Waals surface area contributed by atoms with Crippen LogP contribution in [-0.2, 0) is 0 Å². The van der Waals surface area contributed by atoms with Gasteiger partial charge in [-0.3, -0.25) is 0 Å². The molecule has 8 rings (SSSR count). The van der Waals surface area contributed by atoms with Gasteiger partial charge in [-0.05, 0) is 59.7 Å². The largest absolute Gasteiger partial charge is 1.00 e. The zero-order valence-corrected chi connectivity index (χ0v) is 20.8. The molecule has 0 aliphatic rings. The summed E-state index contributed by atoms with van der Waals surface area (Å²) in [5.74, 6) is 0. The Bertz CT molecular complexity index is 1890. The van der Waals surface area contributed by atoms with Crippen molar-refractivity contribution in [2.24, 2.45) is 0 Å². The fourth-order valence-corrected chi connectivity index (χ4v) is 6.05. The summed E-state index contributed by atoms with van der Waals surface area (Å²) in [6, 6.07) is 52.5. The van der Waals surface area contributed by atoms with Crippen molar-refractivity contribution < 1.29 is 1.43 Å². The maximum Gasteiger partial charge on any atom is 0.0541 e. The molecule has 0 atom stereocenters. The van der Waals surface area contributed by atoms with Crippen molar-refractivity contribution in [3.8, 4) is 22.5 Å². The van der Waals surface area contributed by atoms with Crippen molar-refractivity contribution in [2.75, 3.05) is 0 Å². The molecule has 0 saturated carbocycles. The first kappa shape index (κ1) is 21.0. The molecule has 2 nitrogen and oxygen atoms in total. The SMILES string of the molecule is [H-].c1cc(-c2cccc(-n3c4ccccc4c4ccccc43)c2)cc(-n2c3ccccc3c3ccccc32)c1. The minimum absolute atomic E-state index is 0. The molecule has 6 aromatic carbocycles. The fourth-order valence-electron chi connectivity index (χ4n) is 6.05. The molecule has 38 heavy (non-hydrogen) atoms. The van der Waals surface area contributed by atoms with Crippen LogP contribution in [0.2, 0.25) is 0 Å². The number of rotatable bonds is 3. The maximum atomic E-state index is 2.38. The van der Waals surface area contributed by atoms with Crippen molar-refractivity contribution in [3.05, 3.63) is 146 Å². The highest BCUT2D eigenvalue weighted by Crippen LogP contribution is 2.35. The number of fused-ring (bicyclic) bond motifs is 6. The van der Waals surface area contributed by atoms with Gasteiger partial charge in [-0.15, -0.1) is 0 Å². The van der Waals surface area contributed by atoms with Gasteiger partial charge in [-0.1, -0.05) is 97.1 Å². The van der Waals surface area contributed by atoms with Crippen molar-refractivity contribution in [2.45, 2.75) is 0 Å². The molecule has 0 amide bonds. The second kappa shape index (κ2) is 8.22. The van der Waals surface area contributed by atoms with E-state index in [0.29, 0.717) is 0 Å². The number of benzene rings is 6. The lowest BCUT2D eigenvalue weighted by atomic mass is 10.0. The van der Waals surface area contributed by atoms with Gasteiger partial charge >= 0.3 is 0 Å². The van der Waals surface area contributed by atoms with E-state index in [1.807, 2.05) is 0 Å². The first-order valence-electron chi connectivity index (χ1n) is 13.0. The van der Waals surface area contributed by atoms with Crippen LogP contribution in [0.15, 0.2) is 146 Å². The molecule has 0 N–H and O–H groups in total. The Balaban J connectivity index is 0.00000253. The lowest BCUT2D eigenvalue weighted by Crippen LogP contribution is -1.95. The Labute approximate surface area is 222 Å². The molecular formula is C36H25N2-. The Morgan fingerprint density at radius 1 is 0.316 bits per heavy atom. The lowest BCUT2D eigenvalue weighted by Gasteiger charge is -2.12. The van der Waals surface area contributed by atoms with Crippen LogP contribution in [0.5, 0.6) is 0 Å². The molecule has 2 heteroatoms. The Hall–Kier alpha value is -5.08. The van der Waals surface area contributed by atoms with Crippen molar-refractivity contribution in [3.63, 3.8) is 0 Å². The Kier molecular flexibility index (Phi) is 4.55. The van der Waals surface area contributed by atoms with Gasteiger partial charge in [0.05, 0.1) is 22.1 Å². The van der Waals surface area contributed by atoms with E-state index in [2.05, 4.69) is 155 Å². The first-order valence-corrected chi connectivity index (χ1v) is 13.0. The lowest BCUT2D eigenvalue weighted by molar-refractivity contribution is 1.17. The quantitative estimate of drug-likeness (QED) is 0.236. The van der Waals surface area contributed by atoms with Crippen LogP contribution in [0, 0.1) is 0 Å². The fraction of sp³-hybridized carbons (Fsp3) is 0. The average molecular weight is 486 g/mol. The number of nitrogens with zero attached hydrogens (tertiary/aromatic N) is 2. The summed E-state index contributed by atoms with van der Waals surface area (Å²) in [6.45, 7) is 0. The highest BCUT2D eigenvalue weighted by Gasteiger charge is 2.14. The normalized spacial score (nSPS) is 11.7. The summed E-state index contributed by atoms with van der Waals surface area (Å²) >= 11 is 0. The van der Waals surface area contributed by atoms with Gasteiger partial charge in [-0.2, -0.15) is 0 Å². The average Bonchev–Trinajstić information content (AvgIpc) is 3.51. The van der Waals surface area contributed by atoms with E-state index in [0.717, 1.165) is 0 Å². The highest BCUT2D eigenvalue weighted by atomic mass is 15.0. The summed E-state index contributed by atoms with van der Waals surface area (Å²) in [6.07, 6.45) is 0. The second-order valence-electron chi connectivity index (χ2n) is 9.84. The Morgan fingerprint density at radius 3 is 0.974 bits per heavy atom. The molecule has 0 spiro atoms. The summed E-state index contributed by atoms with van der Waals surface area (Å²) in [5, 5.41) is 5.12. The first-order chi connectivity index (χ1) is 18.9. The van der Waals surface area contributed by atoms with Crippen LogP contribution < -0.4 is 0 Å². The molecule has 180 valence electrons. The molecule has 0 aliphatic carbocycles. The number of aromatic nitrogens is 2. The monoisotopic (exact) mass is 485 g/mol. The predicted molar refractivity (Wildman–Crippen MR) is 162 cm³/mol. The van der Waals surface area contributed by atoms with Crippen LogP contribution in [0.4, 0.5) is 0 Å². The van der Waals surface area contributed by atoms with Crippen LogP contribution >= 0.6 is 0 Å². The third kappa shape index (κ3) is 3.07. The number of hydrogen-bond acceptors (Lipinski definition) is 0. The van der Waals surface area contributed by atoms with Gasteiger partial charge in [0, 0.05) is 32.9 Å². The van der Waals surface area contributed by atoms with Crippen molar-refractivity contribution in [1.29, 1.82) is 0 Å². The minimum Gasteiger partial charge on any atom is -1.00 e. The summed E-state index contributed by atoms with van der Waals surface area (Å²) < 4.78 is 4.76. The van der Waals surface area contributed by atoms with E-state index in [1.165, 1.54) is 66.1 Å². The van der Waals surface area contributed by atoms with Crippen molar-refractivity contribution in [1.82, 2.24) is 9.13 Å². The Morgan fingerprint density at radius 2 is 0.632 bits per heavy atom. The molecule has 0 aliphatic heterocycles. The zero-order valence-electron chi connectivity index (χ0n) is 21.8. The second-order valence-corrected chi connectivity index (χ2v) is 9.84. The summed E-state index contributed by atoms with van der Waals surface area (Å²) in [7, 11) is 0. The molecule has 0 unspecified atom stereocenters. The van der Waals surface area contributed by atoms with Gasteiger partial charge in [-0.25, -0.2) is 0 Å². The summed E-state index contributed by atoms with van der Waals surface area (Å²) in [5.41, 5.74) is 9.65. The smallest absolute Gasteiger partial charge is 0.0541 e. The molecular weight excluding hydrogens is 460 g/mol. The number of para-hydroxylation sites is 4. The van der Waals surface area contributed by atoms with Gasteiger partial charge in [0.15, 0.2) is 0 Å². The molecule has 2 aromatic heterocycles. The van der Waals surface area contributed by atoms with Crippen LogP contribution in [0.3, 0.4) is 0 Å². The summed E-state index contributed by atoms with van der Waals surface area (Å²) in [4.78, 5) is 0. The molecule has 0 fully saturated rings. The molecule has 0 bridgehead atoms. The van der Waals surface area contributed by atoms with Gasteiger partial charge in [0.2, 0.25) is 0 Å². The van der Waals surface area contributed by atoms with E-state index >= 15 is 0 Å². The van der Waals surface area contributed by atoms with Crippen molar-refractivity contribution >= 4 is 43.6 Å². The predicted octanol–water partition coefficient (Wildman–Crippen LogP) is 9.66. The third-order valence-corrected chi connectivity index (χ3v) is 7.70. The molecule has 2 heterocycles. The molecule has 0 saturated heterocycles. The maximum absolute atomic E-state index is 2.38. The van der Waals surface area contributed by atoms with E-state index in [9.17, 15) is 0 Å². The van der Waals surface area contributed by atoms with Crippen LogP contribution in [0.25, 0.3) is 66.1 Å². The van der Waals surface area contributed by atoms with Gasteiger partial charge in [0.1, 0.15) is 0 Å². The zero-order chi connectivity index (χ0) is 25.1. The molecule has 0 radical (unpaired) electrons. The van der Waals surface area contributed by atoms with E-state index in [4.69, 9.17) is 0 Å².